The summed E-state index contributed by atoms with van der Waals surface area (Å²) in [5.41, 5.74) is 1.30. The van der Waals surface area contributed by atoms with Gasteiger partial charge in [-0.2, -0.15) is 0 Å². The number of hydrogen-bond acceptors (Lipinski definition) is 2. The van der Waals surface area contributed by atoms with Gasteiger partial charge in [-0.15, -0.1) is 0 Å². The van der Waals surface area contributed by atoms with Gasteiger partial charge in [0.15, 0.2) is 0 Å². The van der Waals surface area contributed by atoms with Crippen molar-refractivity contribution in [2.45, 2.75) is 44.9 Å². The fourth-order valence-corrected chi connectivity index (χ4v) is 2.92. The highest BCUT2D eigenvalue weighted by Gasteiger charge is 2.05. The topological polar surface area (TPSA) is 29.1 Å². The van der Waals surface area contributed by atoms with Crippen LogP contribution >= 0.6 is 0 Å². The Balaban J connectivity index is 2.33. The Hall–Kier alpha value is -0.670. The molecule has 2 nitrogen and oxygen atoms in total. The zero-order valence-corrected chi connectivity index (χ0v) is 13.4. The average Bonchev–Trinajstić information content (AvgIpc) is 2.37. The summed E-state index contributed by atoms with van der Waals surface area (Å²) in [6.07, 6.45) is 0.964. The summed E-state index contributed by atoms with van der Waals surface area (Å²) in [6, 6.07) is 8.20. The molecule has 1 atom stereocenters. The largest absolute Gasteiger partial charge is 0.316 e. The summed E-state index contributed by atoms with van der Waals surface area (Å²) in [6.45, 7) is 10.7. The van der Waals surface area contributed by atoms with E-state index in [1.165, 1.54) is 5.56 Å². The van der Waals surface area contributed by atoms with E-state index in [9.17, 15) is 4.21 Å². The molecule has 1 unspecified atom stereocenters. The summed E-state index contributed by atoms with van der Waals surface area (Å²) in [5, 5.41) is 3.38. The van der Waals surface area contributed by atoms with E-state index in [0.29, 0.717) is 11.8 Å². The van der Waals surface area contributed by atoms with Gasteiger partial charge < -0.3 is 5.32 Å². The molecular weight excluding hydrogens is 254 g/mol. The molecular formula is C16H27NOS. The molecule has 1 aromatic rings. The molecule has 3 heteroatoms. The Labute approximate surface area is 120 Å². The lowest BCUT2D eigenvalue weighted by Gasteiger charge is -2.08. The second kappa shape index (κ2) is 8.49. The summed E-state index contributed by atoms with van der Waals surface area (Å²) in [5.74, 6) is 1.95. The van der Waals surface area contributed by atoms with Gasteiger partial charge in [0.2, 0.25) is 0 Å². The van der Waals surface area contributed by atoms with Gasteiger partial charge in [0, 0.05) is 10.6 Å². The Bertz CT molecular complexity index is 384. The van der Waals surface area contributed by atoms with Crippen molar-refractivity contribution in [1.82, 2.24) is 5.32 Å². The molecule has 0 bridgehead atoms. The fourth-order valence-electron chi connectivity index (χ4n) is 1.84. The van der Waals surface area contributed by atoms with Crippen LogP contribution in [0.2, 0.25) is 0 Å². The Morgan fingerprint density at radius 1 is 1.11 bits per heavy atom. The van der Waals surface area contributed by atoms with E-state index in [2.05, 4.69) is 45.1 Å². The van der Waals surface area contributed by atoms with E-state index >= 15 is 0 Å². The lowest BCUT2D eigenvalue weighted by Crippen LogP contribution is -2.21. The molecule has 0 radical (unpaired) electrons. The summed E-state index contributed by atoms with van der Waals surface area (Å²) in [4.78, 5) is 0.952. The van der Waals surface area contributed by atoms with E-state index in [1.54, 1.807) is 0 Å². The van der Waals surface area contributed by atoms with Gasteiger partial charge in [-0.05, 0) is 49.0 Å². The van der Waals surface area contributed by atoms with Crippen molar-refractivity contribution in [1.29, 1.82) is 0 Å². The Morgan fingerprint density at radius 2 is 1.74 bits per heavy atom. The van der Waals surface area contributed by atoms with Crippen molar-refractivity contribution in [2.75, 3.05) is 18.8 Å². The van der Waals surface area contributed by atoms with Crippen molar-refractivity contribution in [3.8, 4) is 0 Å². The van der Waals surface area contributed by atoms with Gasteiger partial charge in [-0.1, -0.05) is 39.8 Å². The first-order chi connectivity index (χ1) is 9.00. The third-order valence-corrected chi connectivity index (χ3v) is 4.50. The summed E-state index contributed by atoms with van der Waals surface area (Å²) < 4.78 is 12.1. The first kappa shape index (κ1) is 16.4. The highest BCUT2D eigenvalue weighted by molar-refractivity contribution is 7.85. The molecule has 0 fully saturated rings. The van der Waals surface area contributed by atoms with Crippen LogP contribution in [0.5, 0.6) is 0 Å². The predicted octanol–water partition coefficient (Wildman–Crippen LogP) is 3.55. The van der Waals surface area contributed by atoms with Gasteiger partial charge >= 0.3 is 0 Å². The second-order valence-electron chi connectivity index (χ2n) is 5.72. The molecule has 0 aliphatic heterocycles. The normalized spacial score (nSPS) is 13.2. The molecule has 0 aliphatic rings. The lowest BCUT2D eigenvalue weighted by atomic mass is 10.0. The molecule has 0 amide bonds. The Morgan fingerprint density at radius 3 is 2.26 bits per heavy atom. The first-order valence-corrected chi connectivity index (χ1v) is 8.51. The molecule has 0 aliphatic carbocycles. The van der Waals surface area contributed by atoms with Crippen LogP contribution in [0.4, 0.5) is 0 Å². The van der Waals surface area contributed by atoms with Crippen molar-refractivity contribution in [3.05, 3.63) is 29.8 Å². The number of hydrogen-bond donors (Lipinski definition) is 1. The zero-order valence-electron chi connectivity index (χ0n) is 12.6. The number of rotatable bonds is 8. The monoisotopic (exact) mass is 281 g/mol. The van der Waals surface area contributed by atoms with E-state index in [4.69, 9.17) is 0 Å². The maximum atomic E-state index is 12.1. The van der Waals surface area contributed by atoms with E-state index in [-0.39, 0.29) is 0 Å². The van der Waals surface area contributed by atoms with Crippen LogP contribution in [0, 0.1) is 5.92 Å². The molecule has 19 heavy (non-hydrogen) atoms. The molecule has 1 N–H and O–H groups in total. The van der Waals surface area contributed by atoms with Crippen molar-refractivity contribution >= 4 is 10.8 Å². The van der Waals surface area contributed by atoms with Gasteiger partial charge in [-0.3, -0.25) is 4.21 Å². The van der Waals surface area contributed by atoms with E-state index in [0.717, 1.165) is 30.2 Å². The summed E-state index contributed by atoms with van der Waals surface area (Å²) in [7, 11) is -0.859. The highest BCUT2D eigenvalue weighted by atomic mass is 32.2. The minimum atomic E-state index is -0.859. The van der Waals surface area contributed by atoms with Crippen molar-refractivity contribution in [2.24, 2.45) is 5.92 Å². The highest BCUT2D eigenvalue weighted by Crippen LogP contribution is 2.16. The van der Waals surface area contributed by atoms with Crippen LogP contribution in [-0.4, -0.2) is 23.1 Å². The van der Waals surface area contributed by atoms with Crippen LogP contribution in [0.1, 0.15) is 45.6 Å². The molecule has 1 aromatic carbocycles. The second-order valence-corrected chi connectivity index (χ2v) is 7.30. The van der Waals surface area contributed by atoms with Crippen molar-refractivity contribution < 1.29 is 4.21 Å². The molecule has 1 rings (SSSR count). The number of benzene rings is 1. The predicted molar refractivity (Wildman–Crippen MR) is 84.1 cm³/mol. The molecule has 0 saturated carbocycles. The van der Waals surface area contributed by atoms with Crippen molar-refractivity contribution in [3.63, 3.8) is 0 Å². The van der Waals surface area contributed by atoms with Crippen LogP contribution in [0.25, 0.3) is 0 Å². The smallest absolute Gasteiger partial charge is 0.0529 e. The first-order valence-electron chi connectivity index (χ1n) is 7.19. The average molecular weight is 281 g/mol. The molecule has 0 aromatic heterocycles. The molecule has 108 valence electrons. The minimum Gasteiger partial charge on any atom is -0.316 e. The van der Waals surface area contributed by atoms with Crippen LogP contribution < -0.4 is 5.32 Å². The SMILES string of the molecule is CC(C)CNCCCS(=O)c1ccc(C(C)C)cc1. The molecule has 0 saturated heterocycles. The molecule has 0 spiro atoms. The third kappa shape index (κ3) is 6.35. The van der Waals surface area contributed by atoms with Crippen LogP contribution in [0.15, 0.2) is 29.2 Å². The quantitative estimate of drug-likeness (QED) is 0.738. The third-order valence-electron chi connectivity index (χ3n) is 3.05. The lowest BCUT2D eigenvalue weighted by molar-refractivity contribution is 0.550. The number of nitrogens with one attached hydrogen (secondary N) is 1. The molecule has 0 heterocycles. The fraction of sp³-hybridized carbons (Fsp3) is 0.625. The van der Waals surface area contributed by atoms with Gasteiger partial charge in [0.1, 0.15) is 0 Å². The van der Waals surface area contributed by atoms with Crippen LogP contribution in [-0.2, 0) is 10.8 Å². The maximum absolute atomic E-state index is 12.1. The van der Waals surface area contributed by atoms with Crippen LogP contribution in [0.3, 0.4) is 0 Å². The maximum Gasteiger partial charge on any atom is 0.0529 e. The van der Waals surface area contributed by atoms with Gasteiger partial charge in [0.05, 0.1) is 10.8 Å². The van der Waals surface area contributed by atoms with E-state index in [1.807, 2.05) is 12.1 Å². The van der Waals surface area contributed by atoms with Gasteiger partial charge in [-0.25, -0.2) is 0 Å². The van der Waals surface area contributed by atoms with E-state index < -0.39 is 10.8 Å². The van der Waals surface area contributed by atoms with Gasteiger partial charge in [0.25, 0.3) is 0 Å². The Kier molecular flexibility index (Phi) is 7.32. The standard InChI is InChI=1S/C16H27NOS/c1-13(2)12-17-10-5-11-19(18)16-8-6-15(7-9-16)14(3)4/h6-9,13-14,17H,5,10-12H2,1-4H3. The zero-order chi connectivity index (χ0) is 14.3. The summed E-state index contributed by atoms with van der Waals surface area (Å²) >= 11 is 0. The minimum absolute atomic E-state index is 0.530.